The summed E-state index contributed by atoms with van der Waals surface area (Å²) in [7, 11) is 0. The Bertz CT molecular complexity index is 656. The van der Waals surface area contributed by atoms with Gasteiger partial charge in [-0.15, -0.1) is 0 Å². The summed E-state index contributed by atoms with van der Waals surface area (Å²) in [5.41, 5.74) is 1.63. The monoisotopic (exact) mass is 337 g/mol. The lowest BCUT2D eigenvalue weighted by Gasteiger charge is -2.18. The molecule has 5 heteroatoms. The number of amides is 1. The van der Waals surface area contributed by atoms with E-state index in [0.717, 1.165) is 5.56 Å². The van der Waals surface area contributed by atoms with Crippen LogP contribution in [0, 0.1) is 6.92 Å². The molecule has 1 amide bonds. The van der Waals surface area contributed by atoms with Crippen molar-refractivity contribution in [2.75, 3.05) is 5.32 Å². The zero-order chi connectivity index (χ0) is 16.1. The second-order valence-corrected chi connectivity index (χ2v) is 5.79. The predicted molar refractivity (Wildman–Crippen MR) is 91.0 cm³/mol. The van der Waals surface area contributed by atoms with Gasteiger partial charge in [-0.2, -0.15) is 0 Å². The molecule has 0 saturated carbocycles. The number of hydrogen-bond acceptors (Lipinski definition) is 2. The average molecular weight is 338 g/mol. The van der Waals surface area contributed by atoms with E-state index in [1.165, 1.54) is 0 Å². The molecule has 0 heterocycles. The highest BCUT2D eigenvalue weighted by Gasteiger charge is 2.19. The normalized spacial score (nSPS) is 11.8. The first-order valence-corrected chi connectivity index (χ1v) is 7.74. The van der Waals surface area contributed by atoms with Gasteiger partial charge in [0, 0.05) is 15.7 Å². The van der Waals surface area contributed by atoms with Crippen molar-refractivity contribution >= 4 is 34.8 Å². The summed E-state index contributed by atoms with van der Waals surface area (Å²) in [6.07, 6.45) is -0.0341. The summed E-state index contributed by atoms with van der Waals surface area (Å²) >= 11 is 11.8. The highest BCUT2D eigenvalue weighted by Crippen LogP contribution is 2.22. The molecule has 2 aromatic rings. The first kappa shape index (κ1) is 16.7. The lowest BCUT2D eigenvalue weighted by atomic mass is 10.2. The highest BCUT2D eigenvalue weighted by atomic mass is 35.5. The maximum absolute atomic E-state index is 12.4. The van der Waals surface area contributed by atoms with E-state index >= 15 is 0 Å². The van der Waals surface area contributed by atoms with Crippen LogP contribution in [0.3, 0.4) is 0 Å². The number of hydrogen-bond donors (Lipinski definition) is 1. The Hall–Kier alpha value is -1.71. The van der Waals surface area contributed by atoms with Gasteiger partial charge in [-0.1, -0.05) is 36.2 Å². The van der Waals surface area contributed by atoms with E-state index in [-0.39, 0.29) is 5.91 Å². The summed E-state index contributed by atoms with van der Waals surface area (Å²) in [5.74, 6) is 0.400. The van der Waals surface area contributed by atoms with Crippen molar-refractivity contribution in [1.82, 2.24) is 0 Å². The maximum Gasteiger partial charge on any atom is 0.265 e. The Kier molecular flexibility index (Phi) is 5.69. The van der Waals surface area contributed by atoms with E-state index in [2.05, 4.69) is 5.32 Å². The molecule has 0 radical (unpaired) electrons. The largest absolute Gasteiger partial charge is 0.481 e. The van der Waals surface area contributed by atoms with Gasteiger partial charge in [-0.3, -0.25) is 4.79 Å². The van der Waals surface area contributed by atoms with E-state index in [0.29, 0.717) is 27.9 Å². The van der Waals surface area contributed by atoms with Crippen molar-refractivity contribution in [3.05, 3.63) is 58.1 Å². The van der Waals surface area contributed by atoms with Crippen LogP contribution in [0.25, 0.3) is 0 Å². The van der Waals surface area contributed by atoms with Crippen LogP contribution in [0.1, 0.15) is 18.9 Å². The molecular formula is C17H17Cl2NO2. The minimum Gasteiger partial charge on any atom is -0.481 e. The van der Waals surface area contributed by atoms with E-state index in [4.69, 9.17) is 27.9 Å². The van der Waals surface area contributed by atoms with Crippen molar-refractivity contribution in [3.63, 3.8) is 0 Å². The number of carbonyl (C=O) groups excluding carboxylic acids is 1. The molecule has 0 aromatic heterocycles. The summed E-state index contributed by atoms with van der Waals surface area (Å²) in [4.78, 5) is 12.4. The van der Waals surface area contributed by atoms with Crippen molar-refractivity contribution < 1.29 is 9.53 Å². The topological polar surface area (TPSA) is 38.3 Å². The first-order chi connectivity index (χ1) is 10.5. The summed E-state index contributed by atoms with van der Waals surface area (Å²) in [6, 6.07) is 12.3. The fraction of sp³-hybridized carbons (Fsp3) is 0.235. The molecule has 0 bridgehead atoms. The number of aryl methyl sites for hydroxylation is 1. The second kappa shape index (κ2) is 7.52. The average Bonchev–Trinajstić information content (AvgIpc) is 2.50. The molecule has 0 fully saturated rings. The van der Waals surface area contributed by atoms with Crippen molar-refractivity contribution in [1.29, 1.82) is 0 Å². The third kappa shape index (κ3) is 4.39. The van der Waals surface area contributed by atoms with E-state index in [1.54, 1.807) is 36.4 Å². The SMILES string of the molecule is CC[C@@H](Oc1ccc(Cl)cc1)C(=O)Nc1cc(Cl)ccc1C. The van der Waals surface area contributed by atoms with Gasteiger partial charge in [0.15, 0.2) is 6.10 Å². The van der Waals surface area contributed by atoms with Gasteiger partial charge < -0.3 is 10.1 Å². The number of nitrogens with one attached hydrogen (secondary N) is 1. The Morgan fingerprint density at radius 3 is 2.41 bits per heavy atom. The number of benzene rings is 2. The van der Waals surface area contributed by atoms with Crippen LogP contribution in [0.2, 0.25) is 10.0 Å². The second-order valence-electron chi connectivity index (χ2n) is 4.92. The van der Waals surface area contributed by atoms with E-state index < -0.39 is 6.10 Å². The van der Waals surface area contributed by atoms with Gasteiger partial charge in [0.05, 0.1) is 0 Å². The van der Waals surface area contributed by atoms with E-state index in [9.17, 15) is 4.79 Å². The molecule has 0 aliphatic carbocycles. The third-order valence-corrected chi connectivity index (χ3v) is 3.70. The van der Waals surface area contributed by atoms with Crippen molar-refractivity contribution in [2.24, 2.45) is 0 Å². The highest BCUT2D eigenvalue weighted by molar-refractivity contribution is 6.31. The molecule has 2 aromatic carbocycles. The summed E-state index contributed by atoms with van der Waals surface area (Å²) in [6.45, 7) is 3.80. The molecule has 1 atom stereocenters. The molecule has 1 N–H and O–H groups in total. The third-order valence-electron chi connectivity index (χ3n) is 3.21. The molecule has 22 heavy (non-hydrogen) atoms. The van der Waals surface area contributed by atoms with Crippen molar-refractivity contribution in [3.8, 4) is 5.75 Å². The van der Waals surface area contributed by atoms with Crippen LogP contribution in [-0.2, 0) is 4.79 Å². The first-order valence-electron chi connectivity index (χ1n) is 6.99. The number of ether oxygens (including phenoxy) is 1. The Labute approximate surface area is 140 Å². The van der Waals surface area contributed by atoms with Gasteiger partial charge in [0.2, 0.25) is 0 Å². The molecule has 0 saturated heterocycles. The van der Waals surface area contributed by atoms with Gasteiger partial charge in [-0.25, -0.2) is 0 Å². The zero-order valence-corrected chi connectivity index (χ0v) is 13.9. The standard InChI is InChI=1S/C17H17Cl2NO2/c1-3-16(22-14-8-6-12(18)7-9-14)17(21)20-15-10-13(19)5-4-11(15)2/h4-10,16H,3H2,1-2H3,(H,20,21)/t16-/m1/s1. The Balaban J connectivity index is 2.08. The zero-order valence-electron chi connectivity index (χ0n) is 12.4. The number of rotatable bonds is 5. The van der Waals surface area contributed by atoms with Crippen LogP contribution in [0.15, 0.2) is 42.5 Å². The van der Waals surface area contributed by atoms with Crippen LogP contribution < -0.4 is 10.1 Å². The van der Waals surface area contributed by atoms with Crippen LogP contribution in [-0.4, -0.2) is 12.0 Å². The fourth-order valence-electron chi connectivity index (χ4n) is 1.94. The quantitative estimate of drug-likeness (QED) is 0.824. The minimum atomic E-state index is -0.584. The number of anilines is 1. The molecule has 0 unspecified atom stereocenters. The van der Waals surface area contributed by atoms with Gasteiger partial charge in [0.25, 0.3) is 5.91 Å². The Morgan fingerprint density at radius 2 is 1.77 bits per heavy atom. The molecule has 0 aliphatic heterocycles. The molecule has 2 rings (SSSR count). The lowest BCUT2D eigenvalue weighted by Crippen LogP contribution is -2.32. The Morgan fingerprint density at radius 1 is 1.14 bits per heavy atom. The minimum absolute atomic E-state index is 0.206. The van der Waals surface area contributed by atoms with Crippen LogP contribution >= 0.6 is 23.2 Å². The van der Waals surface area contributed by atoms with Crippen molar-refractivity contribution in [2.45, 2.75) is 26.4 Å². The smallest absolute Gasteiger partial charge is 0.265 e. The van der Waals surface area contributed by atoms with E-state index in [1.807, 2.05) is 19.9 Å². The molecule has 116 valence electrons. The molecule has 0 spiro atoms. The number of halogens is 2. The number of carbonyl (C=O) groups is 1. The predicted octanol–water partition coefficient (Wildman–Crippen LogP) is 5.10. The molecule has 3 nitrogen and oxygen atoms in total. The van der Waals surface area contributed by atoms with Gasteiger partial charge in [-0.05, 0) is 55.3 Å². The molecular weight excluding hydrogens is 321 g/mol. The van der Waals surface area contributed by atoms with Gasteiger partial charge in [0.1, 0.15) is 5.75 Å². The lowest BCUT2D eigenvalue weighted by molar-refractivity contribution is -0.122. The van der Waals surface area contributed by atoms with Crippen LogP contribution in [0.4, 0.5) is 5.69 Å². The fourth-order valence-corrected chi connectivity index (χ4v) is 2.24. The van der Waals surface area contributed by atoms with Crippen LogP contribution in [0.5, 0.6) is 5.75 Å². The summed E-state index contributed by atoms with van der Waals surface area (Å²) < 4.78 is 5.72. The molecule has 0 aliphatic rings. The van der Waals surface area contributed by atoms with Gasteiger partial charge >= 0.3 is 0 Å². The summed E-state index contributed by atoms with van der Waals surface area (Å²) in [5, 5.41) is 4.06. The maximum atomic E-state index is 12.4.